The topological polar surface area (TPSA) is 91.0 Å². The number of ether oxygens (including phenoxy) is 1. The number of aromatic nitrogens is 4. The SMILES string of the molecule is CC(C)(Oc1ccc(Cl)cc1)C(=O)NCCn1ncc2c(=O)n(Cc3ccc(Cl)cc3)cnc21. The van der Waals surface area contributed by atoms with Gasteiger partial charge in [-0.2, -0.15) is 5.10 Å². The number of amides is 1. The Balaban J connectivity index is 1.39. The first kappa shape index (κ1) is 23.8. The number of nitrogens with zero attached hydrogens (tertiary/aromatic N) is 4. The maximum atomic E-state index is 12.9. The average Bonchev–Trinajstić information content (AvgIpc) is 3.22. The Labute approximate surface area is 206 Å². The molecule has 176 valence electrons. The third-order valence-electron chi connectivity index (χ3n) is 5.23. The molecule has 0 atom stereocenters. The van der Waals surface area contributed by atoms with Gasteiger partial charge in [0.25, 0.3) is 11.5 Å². The lowest BCUT2D eigenvalue weighted by Crippen LogP contribution is -2.47. The van der Waals surface area contributed by atoms with E-state index >= 15 is 0 Å². The van der Waals surface area contributed by atoms with Gasteiger partial charge in [-0.05, 0) is 55.8 Å². The zero-order chi connectivity index (χ0) is 24.3. The molecule has 0 saturated heterocycles. The Kier molecular flexibility index (Phi) is 6.90. The van der Waals surface area contributed by atoms with Gasteiger partial charge in [0.2, 0.25) is 0 Å². The molecular formula is C24H23Cl2N5O3. The lowest BCUT2D eigenvalue weighted by molar-refractivity contribution is -0.134. The van der Waals surface area contributed by atoms with E-state index in [9.17, 15) is 9.59 Å². The van der Waals surface area contributed by atoms with Crippen molar-refractivity contribution in [2.45, 2.75) is 32.5 Å². The predicted octanol–water partition coefficient (Wildman–Crippen LogP) is 3.92. The minimum Gasteiger partial charge on any atom is -0.478 e. The number of carbonyl (C=O) groups excluding carboxylic acids is 1. The first-order chi connectivity index (χ1) is 16.2. The number of hydrogen-bond donors (Lipinski definition) is 1. The fourth-order valence-corrected chi connectivity index (χ4v) is 3.64. The lowest BCUT2D eigenvalue weighted by Gasteiger charge is -2.25. The molecule has 0 aliphatic carbocycles. The standard InChI is InChI=1S/C24H23Cl2N5O3/c1-24(2,34-19-9-7-18(26)8-10-19)23(33)27-11-12-31-21-20(13-29-31)22(32)30(15-28-21)14-16-3-5-17(25)6-4-16/h3-10,13,15H,11-12,14H2,1-2H3,(H,27,33). The molecule has 2 aromatic heterocycles. The van der Waals surface area contributed by atoms with Crippen molar-refractivity contribution < 1.29 is 9.53 Å². The van der Waals surface area contributed by atoms with E-state index in [0.717, 1.165) is 5.56 Å². The van der Waals surface area contributed by atoms with Crippen molar-refractivity contribution in [2.75, 3.05) is 6.54 Å². The van der Waals surface area contributed by atoms with Crippen LogP contribution < -0.4 is 15.6 Å². The molecule has 10 heteroatoms. The monoisotopic (exact) mass is 499 g/mol. The van der Waals surface area contributed by atoms with E-state index in [1.165, 1.54) is 17.1 Å². The molecule has 8 nitrogen and oxygen atoms in total. The summed E-state index contributed by atoms with van der Waals surface area (Å²) in [6.45, 7) is 4.39. The Morgan fingerprint density at radius 1 is 1.06 bits per heavy atom. The van der Waals surface area contributed by atoms with Crippen molar-refractivity contribution >= 4 is 40.1 Å². The second kappa shape index (κ2) is 9.87. The summed E-state index contributed by atoms with van der Waals surface area (Å²) in [5, 5.41) is 8.76. The molecule has 34 heavy (non-hydrogen) atoms. The largest absolute Gasteiger partial charge is 0.478 e. The fourth-order valence-electron chi connectivity index (χ4n) is 3.39. The van der Waals surface area contributed by atoms with Crippen molar-refractivity contribution in [2.24, 2.45) is 0 Å². The lowest BCUT2D eigenvalue weighted by atomic mass is 10.1. The van der Waals surface area contributed by atoms with Crippen molar-refractivity contribution in [3.63, 3.8) is 0 Å². The molecule has 0 spiro atoms. The highest BCUT2D eigenvalue weighted by Gasteiger charge is 2.29. The van der Waals surface area contributed by atoms with Crippen molar-refractivity contribution in [3.05, 3.63) is 87.0 Å². The van der Waals surface area contributed by atoms with Gasteiger partial charge < -0.3 is 10.1 Å². The molecule has 4 rings (SSSR count). The summed E-state index contributed by atoms with van der Waals surface area (Å²) in [6.07, 6.45) is 3.00. The van der Waals surface area contributed by atoms with Crippen LogP contribution in [0.15, 0.2) is 65.8 Å². The molecule has 1 amide bonds. The molecule has 0 saturated carbocycles. The summed E-state index contributed by atoms with van der Waals surface area (Å²) in [5.74, 6) is 0.263. The van der Waals surface area contributed by atoms with Gasteiger partial charge in [-0.15, -0.1) is 0 Å². The summed E-state index contributed by atoms with van der Waals surface area (Å²) in [4.78, 5) is 29.9. The summed E-state index contributed by atoms with van der Waals surface area (Å²) in [5.41, 5.74) is 0.121. The number of rotatable bonds is 8. The second-order valence-electron chi connectivity index (χ2n) is 8.23. The first-order valence-corrected chi connectivity index (χ1v) is 11.4. The number of halogens is 2. The highest BCUT2D eigenvalue weighted by atomic mass is 35.5. The Hall–Kier alpha value is -3.36. The van der Waals surface area contributed by atoms with E-state index < -0.39 is 5.60 Å². The zero-order valence-corrected chi connectivity index (χ0v) is 20.2. The van der Waals surface area contributed by atoms with Gasteiger partial charge in [0, 0.05) is 16.6 Å². The third kappa shape index (κ3) is 5.40. The van der Waals surface area contributed by atoms with Crippen molar-refractivity contribution in [1.82, 2.24) is 24.6 Å². The number of benzene rings is 2. The summed E-state index contributed by atoms with van der Waals surface area (Å²) >= 11 is 11.8. The van der Waals surface area contributed by atoms with Crippen LogP contribution in [-0.2, 0) is 17.9 Å². The molecule has 0 fully saturated rings. The molecular weight excluding hydrogens is 477 g/mol. The first-order valence-electron chi connectivity index (χ1n) is 10.6. The van der Waals surface area contributed by atoms with Crippen LogP contribution in [0, 0.1) is 0 Å². The molecule has 0 radical (unpaired) electrons. The van der Waals surface area contributed by atoms with E-state index in [4.69, 9.17) is 27.9 Å². The Bertz CT molecular complexity index is 1360. The van der Waals surface area contributed by atoms with Crippen LogP contribution in [0.5, 0.6) is 5.75 Å². The van der Waals surface area contributed by atoms with Crippen LogP contribution >= 0.6 is 23.2 Å². The van der Waals surface area contributed by atoms with Crippen LogP contribution in [0.1, 0.15) is 19.4 Å². The van der Waals surface area contributed by atoms with Gasteiger partial charge in [0.1, 0.15) is 17.5 Å². The maximum Gasteiger partial charge on any atom is 0.264 e. The van der Waals surface area contributed by atoms with Crippen LogP contribution in [0.4, 0.5) is 0 Å². The van der Waals surface area contributed by atoms with Gasteiger partial charge in [-0.25, -0.2) is 9.67 Å². The van der Waals surface area contributed by atoms with Gasteiger partial charge >= 0.3 is 0 Å². The van der Waals surface area contributed by atoms with Crippen LogP contribution in [0.25, 0.3) is 11.0 Å². The maximum absolute atomic E-state index is 12.9. The van der Waals surface area contributed by atoms with Crippen molar-refractivity contribution in [1.29, 1.82) is 0 Å². The molecule has 0 aliphatic rings. The molecule has 1 N–H and O–H groups in total. The molecule has 4 aromatic rings. The summed E-state index contributed by atoms with van der Waals surface area (Å²) in [7, 11) is 0. The Morgan fingerprint density at radius 3 is 2.38 bits per heavy atom. The van der Waals surface area contributed by atoms with Gasteiger partial charge in [0.05, 0.1) is 19.3 Å². The van der Waals surface area contributed by atoms with Crippen LogP contribution in [0.2, 0.25) is 10.0 Å². The van der Waals surface area contributed by atoms with E-state index in [-0.39, 0.29) is 11.5 Å². The van der Waals surface area contributed by atoms with E-state index in [0.29, 0.717) is 46.5 Å². The molecule has 2 heterocycles. The van der Waals surface area contributed by atoms with Gasteiger partial charge in [-0.3, -0.25) is 14.2 Å². The van der Waals surface area contributed by atoms with Gasteiger partial charge in [-0.1, -0.05) is 35.3 Å². The number of hydrogen-bond acceptors (Lipinski definition) is 5. The highest BCUT2D eigenvalue weighted by molar-refractivity contribution is 6.30. The van der Waals surface area contributed by atoms with E-state index in [2.05, 4.69) is 15.4 Å². The Morgan fingerprint density at radius 2 is 1.71 bits per heavy atom. The van der Waals surface area contributed by atoms with Crippen LogP contribution in [0.3, 0.4) is 0 Å². The quantitative estimate of drug-likeness (QED) is 0.396. The zero-order valence-electron chi connectivity index (χ0n) is 18.7. The summed E-state index contributed by atoms with van der Waals surface area (Å²) < 4.78 is 8.92. The minimum absolute atomic E-state index is 0.187. The molecule has 0 unspecified atom stereocenters. The van der Waals surface area contributed by atoms with E-state index in [1.54, 1.807) is 54.9 Å². The second-order valence-corrected chi connectivity index (χ2v) is 9.10. The third-order valence-corrected chi connectivity index (χ3v) is 5.74. The van der Waals surface area contributed by atoms with Crippen molar-refractivity contribution in [3.8, 4) is 5.75 Å². The summed E-state index contributed by atoms with van der Waals surface area (Å²) in [6, 6.07) is 14.1. The van der Waals surface area contributed by atoms with Gasteiger partial charge in [0.15, 0.2) is 11.2 Å². The van der Waals surface area contributed by atoms with Crippen LogP contribution in [-0.4, -0.2) is 37.4 Å². The number of nitrogens with one attached hydrogen (secondary N) is 1. The number of fused-ring (bicyclic) bond motifs is 1. The minimum atomic E-state index is -1.09. The predicted molar refractivity (Wildman–Crippen MR) is 132 cm³/mol. The fraction of sp³-hybridized carbons (Fsp3) is 0.250. The van der Waals surface area contributed by atoms with E-state index in [1.807, 2.05) is 12.1 Å². The smallest absolute Gasteiger partial charge is 0.264 e. The molecule has 2 aromatic carbocycles. The average molecular weight is 500 g/mol. The molecule has 0 bridgehead atoms. The normalized spacial score (nSPS) is 11.5. The highest BCUT2D eigenvalue weighted by Crippen LogP contribution is 2.21. The number of carbonyl (C=O) groups is 1. The molecule has 0 aliphatic heterocycles.